The first-order valence-corrected chi connectivity index (χ1v) is 12.5. The molecule has 2 atom stereocenters. The third-order valence-corrected chi connectivity index (χ3v) is 7.38. The summed E-state index contributed by atoms with van der Waals surface area (Å²) in [6.45, 7) is 6.28. The largest absolute Gasteiger partial charge is 0.337 e. The van der Waals surface area contributed by atoms with Crippen LogP contribution in [0.15, 0.2) is 59.8 Å². The normalized spacial score (nSPS) is 15.4. The second kappa shape index (κ2) is 10.5. The molecule has 2 unspecified atom stereocenters. The lowest BCUT2D eigenvalue weighted by Crippen LogP contribution is -2.40. The van der Waals surface area contributed by atoms with Crippen molar-refractivity contribution in [2.75, 3.05) is 20.6 Å². The van der Waals surface area contributed by atoms with Gasteiger partial charge in [0, 0.05) is 13.1 Å². The van der Waals surface area contributed by atoms with Gasteiger partial charge in [0.1, 0.15) is 0 Å². The summed E-state index contributed by atoms with van der Waals surface area (Å²) >= 11 is 1.51. The van der Waals surface area contributed by atoms with Gasteiger partial charge in [0.25, 0.3) is 0 Å². The molecule has 0 bridgehead atoms. The summed E-state index contributed by atoms with van der Waals surface area (Å²) in [5.41, 5.74) is 3.80. The van der Waals surface area contributed by atoms with Gasteiger partial charge in [-0.05, 0) is 50.6 Å². The Kier molecular flexibility index (Phi) is 7.50. The first-order valence-electron chi connectivity index (χ1n) is 11.6. The van der Waals surface area contributed by atoms with Crippen LogP contribution in [0.25, 0.3) is 0 Å². The van der Waals surface area contributed by atoms with E-state index in [9.17, 15) is 4.79 Å². The average molecular weight is 464 g/mol. The molecular weight excluding hydrogens is 430 g/mol. The molecule has 1 aliphatic rings. The quantitative estimate of drug-likeness (QED) is 0.464. The van der Waals surface area contributed by atoms with Crippen molar-refractivity contribution in [3.05, 3.63) is 77.1 Å². The molecule has 0 radical (unpaired) electrons. The molecule has 1 amide bonds. The minimum atomic E-state index is -0.235. The van der Waals surface area contributed by atoms with Crippen LogP contribution >= 0.6 is 11.8 Å². The van der Waals surface area contributed by atoms with Gasteiger partial charge in [-0.25, -0.2) is 0 Å². The molecule has 0 spiro atoms. The number of hydrogen-bond acceptors (Lipinski definition) is 5. The maximum atomic E-state index is 13.3. The van der Waals surface area contributed by atoms with E-state index >= 15 is 0 Å². The van der Waals surface area contributed by atoms with E-state index in [1.54, 1.807) is 0 Å². The lowest BCUT2D eigenvalue weighted by Gasteiger charge is -2.30. The van der Waals surface area contributed by atoms with Gasteiger partial charge >= 0.3 is 0 Å². The topological polar surface area (TPSA) is 54.3 Å². The Morgan fingerprint density at radius 3 is 2.45 bits per heavy atom. The molecule has 174 valence electrons. The monoisotopic (exact) mass is 463 g/mol. The van der Waals surface area contributed by atoms with Gasteiger partial charge in [0.05, 0.1) is 17.8 Å². The van der Waals surface area contributed by atoms with Crippen molar-refractivity contribution in [2.24, 2.45) is 0 Å². The minimum absolute atomic E-state index is 0.157. The fraction of sp³-hybridized carbons (Fsp3) is 0.423. The highest BCUT2D eigenvalue weighted by molar-refractivity contribution is 8.00. The molecule has 0 saturated carbocycles. The maximum Gasteiger partial charge on any atom is 0.236 e. The molecule has 1 aliphatic heterocycles. The van der Waals surface area contributed by atoms with Crippen molar-refractivity contribution in [1.82, 2.24) is 24.6 Å². The van der Waals surface area contributed by atoms with Gasteiger partial charge in [-0.2, -0.15) is 0 Å². The summed E-state index contributed by atoms with van der Waals surface area (Å²) < 4.78 is 2.18. The van der Waals surface area contributed by atoms with Crippen LogP contribution in [0.5, 0.6) is 0 Å². The van der Waals surface area contributed by atoms with E-state index in [1.807, 2.05) is 24.0 Å². The number of fused-ring (bicyclic) bond motifs is 1. The molecule has 4 rings (SSSR count). The lowest BCUT2D eigenvalue weighted by molar-refractivity contribution is -0.131. The third kappa shape index (κ3) is 5.31. The summed E-state index contributed by atoms with van der Waals surface area (Å²) in [5, 5.41) is 9.69. The Labute approximate surface area is 201 Å². The Hall–Kier alpha value is -2.64. The third-order valence-electron chi connectivity index (χ3n) is 6.31. The number of nitrogens with zero attached hydrogens (tertiary/aromatic N) is 5. The van der Waals surface area contributed by atoms with Crippen LogP contribution in [0.3, 0.4) is 0 Å². The fourth-order valence-corrected chi connectivity index (χ4v) is 5.42. The fourth-order valence-electron chi connectivity index (χ4n) is 4.48. The molecule has 33 heavy (non-hydrogen) atoms. The number of carbonyl (C=O) groups excluding carboxylic acids is 1. The van der Waals surface area contributed by atoms with Crippen LogP contribution in [-0.2, 0) is 24.3 Å². The Morgan fingerprint density at radius 2 is 1.76 bits per heavy atom. The van der Waals surface area contributed by atoms with E-state index < -0.39 is 0 Å². The molecule has 0 saturated heterocycles. The number of carbonyl (C=O) groups is 1. The predicted octanol–water partition coefficient (Wildman–Crippen LogP) is 4.40. The highest BCUT2D eigenvalue weighted by Gasteiger charge is 2.28. The molecule has 2 heterocycles. The molecule has 0 fully saturated rings. The van der Waals surface area contributed by atoms with Crippen LogP contribution in [0, 0.1) is 0 Å². The zero-order chi connectivity index (χ0) is 23.4. The summed E-state index contributed by atoms with van der Waals surface area (Å²) in [6.07, 6.45) is 1.85. The molecule has 2 aromatic carbocycles. The van der Waals surface area contributed by atoms with Crippen molar-refractivity contribution in [1.29, 1.82) is 0 Å². The number of rotatable bonds is 8. The van der Waals surface area contributed by atoms with Crippen LogP contribution in [0.4, 0.5) is 0 Å². The van der Waals surface area contributed by atoms with Crippen molar-refractivity contribution < 1.29 is 4.79 Å². The minimum Gasteiger partial charge on any atom is -0.337 e. The first kappa shape index (κ1) is 23.5. The van der Waals surface area contributed by atoms with E-state index in [2.05, 4.69) is 83.1 Å². The van der Waals surface area contributed by atoms with E-state index in [1.165, 1.54) is 28.5 Å². The van der Waals surface area contributed by atoms with Crippen molar-refractivity contribution in [3.8, 4) is 0 Å². The summed E-state index contributed by atoms with van der Waals surface area (Å²) in [5.74, 6) is 1.10. The van der Waals surface area contributed by atoms with Crippen molar-refractivity contribution in [3.63, 3.8) is 0 Å². The number of thioether (sulfide) groups is 1. The smallest absolute Gasteiger partial charge is 0.236 e. The van der Waals surface area contributed by atoms with Crippen molar-refractivity contribution in [2.45, 2.75) is 56.2 Å². The van der Waals surface area contributed by atoms with Gasteiger partial charge in [-0.3, -0.25) is 9.69 Å². The van der Waals surface area contributed by atoms with Gasteiger partial charge in [0.2, 0.25) is 5.91 Å². The Bertz CT molecular complexity index is 1080. The predicted molar refractivity (Wildman–Crippen MR) is 133 cm³/mol. The van der Waals surface area contributed by atoms with Gasteiger partial charge in [-0.15, -0.1) is 10.2 Å². The van der Waals surface area contributed by atoms with E-state index in [-0.39, 0.29) is 17.2 Å². The zero-order valence-electron chi connectivity index (χ0n) is 19.9. The molecular formula is C26H33N5OS. The number of hydrogen-bond donors (Lipinski definition) is 0. The van der Waals surface area contributed by atoms with Crippen LogP contribution < -0.4 is 0 Å². The van der Waals surface area contributed by atoms with E-state index in [0.29, 0.717) is 13.1 Å². The molecule has 3 aromatic rings. The Morgan fingerprint density at radius 1 is 1.06 bits per heavy atom. The standard InChI is InChI=1S/C26H33N5OS/c1-5-23(29(3)4)24-27-28-26(31(24)17-20-11-7-6-8-12-20)33-19(2)25(32)30-16-15-21-13-9-10-14-22(21)18-30/h6-14,19,23H,5,15-18H2,1-4H3. The van der Waals surface area contributed by atoms with Crippen molar-refractivity contribution >= 4 is 17.7 Å². The van der Waals surface area contributed by atoms with Gasteiger partial charge in [-0.1, -0.05) is 73.3 Å². The molecule has 0 aliphatic carbocycles. The Balaban J connectivity index is 1.55. The summed E-state index contributed by atoms with van der Waals surface area (Å²) in [4.78, 5) is 17.5. The second-order valence-electron chi connectivity index (χ2n) is 8.84. The van der Waals surface area contributed by atoms with Gasteiger partial charge < -0.3 is 9.47 Å². The number of benzene rings is 2. The molecule has 0 N–H and O–H groups in total. The average Bonchev–Trinajstić information content (AvgIpc) is 3.20. The van der Waals surface area contributed by atoms with Crippen LogP contribution in [0.1, 0.15) is 48.8 Å². The highest BCUT2D eigenvalue weighted by atomic mass is 32.2. The molecule has 1 aromatic heterocycles. The lowest BCUT2D eigenvalue weighted by atomic mass is 10.00. The number of amides is 1. The van der Waals surface area contributed by atoms with E-state index in [4.69, 9.17) is 0 Å². The second-order valence-corrected chi connectivity index (χ2v) is 10.1. The van der Waals surface area contributed by atoms with Gasteiger partial charge in [0.15, 0.2) is 11.0 Å². The van der Waals surface area contributed by atoms with Crippen LogP contribution in [-0.4, -0.2) is 56.4 Å². The zero-order valence-corrected chi connectivity index (χ0v) is 20.8. The van der Waals surface area contributed by atoms with Crippen LogP contribution in [0.2, 0.25) is 0 Å². The number of aromatic nitrogens is 3. The first-order chi connectivity index (χ1) is 16.0. The highest BCUT2D eigenvalue weighted by Crippen LogP contribution is 2.30. The molecule has 7 heteroatoms. The summed E-state index contributed by atoms with van der Waals surface area (Å²) in [7, 11) is 4.14. The summed E-state index contributed by atoms with van der Waals surface area (Å²) in [6, 6.07) is 18.9. The SMILES string of the molecule is CCC(c1nnc(SC(C)C(=O)N2CCc3ccccc3C2)n1Cc1ccccc1)N(C)C. The van der Waals surface area contributed by atoms with E-state index in [0.717, 1.165) is 30.4 Å². The molecule has 6 nitrogen and oxygen atoms in total. The maximum absolute atomic E-state index is 13.3.